The number of hydrogen-bond acceptors (Lipinski definition) is 10. The first-order valence-corrected chi connectivity index (χ1v) is 16.4. The van der Waals surface area contributed by atoms with Crippen LogP contribution in [0.4, 0.5) is 45.0 Å². The second-order valence-corrected chi connectivity index (χ2v) is 12.6. The minimum atomic E-state index is -4.38. The van der Waals surface area contributed by atoms with Crippen molar-refractivity contribution in [3.63, 3.8) is 0 Å². The van der Waals surface area contributed by atoms with Crippen LogP contribution in [-0.4, -0.2) is 89.5 Å². The van der Waals surface area contributed by atoms with Gasteiger partial charge in [0.25, 0.3) is 0 Å². The van der Waals surface area contributed by atoms with Crippen molar-refractivity contribution in [2.45, 2.75) is 43.6 Å². The summed E-state index contributed by atoms with van der Waals surface area (Å²) in [6, 6.07) is 9.06. The Labute approximate surface area is 285 Å². The highest BCUT2D eigenvalue weighted by Gasteiger charge is 2.44. The summed E-state index contributed by atoms with van der Waals surface area (Å²) in [4.78, 5) is 18.7. The summed E-state index contributed by atoms with van der Waals surface area (Å²) in [5, 5.41) is 9.18. The predicted octanol–water partition coefficient (Wildman–Crippen LogP) is 6.02. The van der Waals surface area contributed by atoms with Gasteiger partial charge < -0.3 is 19.7 Å². The van der Waals surface area contributed by atoms with Gasteiger partial charge in [-0.1, -0.05) is 12.1 Å². The zero-order valence-electron chi connectivity index (χ0n) is 27.5. The Bertz CT molecular complexity index is 1820. The SMILES string of the molecule is COc1cc(N2CCC(N3CCOC(C(F)(F)F)C3)CC2)c(-c2cnn(C)c2)cc1Nc1cc(N2OCC[C@@H]2c2cccc(F)c2F)ncn1. The van der Waals surface area contributed by atoms with Gasteiger partial charge in [-0.3, -0.25) is 14.4 Å². The lowest BCUT2D eigenvalue weighted by molar-refractivity contribution is -0.239. The van der Waals surface area contributed by atoms with Gasteiger partial charge in [-0.05, 0) is 25.0 Å². The lowest BCUT2D eigenvalue weighted by Crippen LogP contribution is -2.54. The molecule has 16 heteroatoms. The van der Waals surface area contributed by atoms with E-state index in [1.54, 1.807) is 24.1 Å². The molecule has 1 unspecified atom stereocenters. The molecule has 4 aromatic rings. The van der Waals surface area contributed by atoms with Gasteiger partial charge in [0.1, 0.15) is 17.9 Å². The van der Waals surface area contributed by atoms with E-state index < -0.39 is 30.0 Å². The number of rotatable bonds is 8. The molecule has 2 aromatic carbocycles. The Morgan fingerprint density at radius 3 is 2.56 bits per heavy atom. The van der Waals surface area contributed by atoms with E-state index >= 15 is 0 Å². The van der Waals surface area contributed by atoms with Crippen LogP contribution in [0.15, 0.2) is 55.1 Å². The van der Waals surface area contributed by atoms with Crippen LogP contribution in [0, 0.1) is 11.6 Å². The number of morpholine rings is 1. The highest BCUT2D eigenvalue weighted by atomic mass is 19.4. The normalized spacial score (nSPS) is 20.8. The lowest BCUT2D eigenvalue weighted by atomic mass is 9.98. The molecule has 0 bridgehead atoms. The Balaban J connectivity index is 1.13. The van der Waals surface area contributed by atoms with Crippen LogP contribution in [0.3, 0.4) is 0 Å². The molecule has 2 atom stereocenters. The lowest BCUT2D eigenvalue weighted by Gasteiger charge is -2.43. The Morgan fingerprint density at radius 1 is 1.00 bits per heavy atom. The second-order valence-electron chi connectivity index (χ2n) is 12.6. The average Bonchev–Trinajstić information content (AvgIpc) is 3.79. The molecule has 266 valence electrons. The monoisotopic (exact) mass is 700 g/mol. The minimum absolute atomic E-state index is 0.0215. The van der Waals surface area contributed by atoms with E-state index in [9.17, 15) is 22.0 Å². The van der Waals surface area contributed by atoms with Crippen molar-refractivity contribution in [3.8, 4) is 16.9 Å². The van der Waals surface area contributed by atoms with Crippen molar-refractivity contribution < 1.29 is 36.3 Å². The maximum Gasteiger partial charge on any atom is 0.415 e. The van der Waals surface area contributed by atoms with Crippen LogP contribution in [0.2, 0.25) is 0 Å². The fraction of sp³-hybridized carbons (Fsp3) is 0.441. The molecule has 3 saturated heterocycles. The molecule has 3 aliphatic heterocycles. The molecule has 11 nitrogen and oxygen atoms in total. The smallest absolute Gasteiger partial charge is 0.415 e. The number of piperidine rings is 1. The van der Waals surface area contributed by atoms with Crippen molar-refractivity contribution in [2.75, 3.05) is 61.8 Å². The van der Waals surface area contributed by atoms with E-state index in [1.165, 1.54) is 23.5 Å². The van der Waals surface area contributed by atoms with Gasteiger partial charge in [0, 0.05) is 86.4 Å². The zero-order valence-corrected chi connectivity index (χ0v) is 27.5. The summed E-state index contributed by atoms with van der Waals surface area (Å²) in [5.41, 5.74) is 3.43. The van der Waals surface area contributed by atoms with Gasteiger partial charge in [0.15, 0.2) is 23.6 Å². The van der Waals surface area contributed by atoms with E-state index in [0.29, 0.717) is 68.6 Å². The first kappa shape index (κ1) is 33.9. The number of nitrogens with one attached hydrogen (secondary N) is 1. The van der Waals surface area contributed by atoms with Crippen LogP contribution >= 0.6 is 0 Å². The first-order valence-electron chi connectivity index (χ1n) is 16.4. The largest absolute Gasteiger partial charge is 0.494 e. The van der Waals surface area contributed by atoms with E-state index in [2.05, 4.69) is 25.3 Å². The maximum absolute atomic E-state index is 14.7. The number of aryl methyl sites for hydroxylation is 1. The number of anilines is 4. The highest BCUT2D eigenvalue weighted by molar-refractivity contribution is 5.85. The Hall–Kier alpha value is -4.54. The molecular weight excluding hydrogens is 663 g/mol. The highest BCUT2D eigenvalue weighted by Crippen LogP contribution is 2.42. The Kier molecular flexibility index (Phi) is 9.50. The zero-order chi connectivity index (χ0) is 35.0. The van der Waals surface area contributed by atoms with Crippen molar-refractivity contribution in [1.82, 2.24) is 24.6 Å². The summed E-state index contributed by atoms with van der Waals surface area (Å²) < 4.78 is 81.5. The number of alkyl halides is 3. The molecule has 7 rings (SSSR count). The van der Waals surface area contributed by atoms with Crippen molar-refractivity contribution >= 4 is 23.0 Å². The molecule has 0 amide bonds. The fourth-order valence-electron chi connectivity index (χ4n) is 6.99. The summed E-state index contributed by atoms with van der Waals surface area (Å²) in [7, 11) is 3.40. The number of hydrogen-bond donors (Lipinski definition) is 1. The van der Waals surface area contributed by atoms with Crippen LogP contribution in [0.5, 0.6) is 5.75 Å². The number of hydroxylamine groups is 1. The average molecular weight is 701 g/mol. The van der Waals surface area contributed by atoms with Crippen molar-refractivity contribution in [3.05, 3.63) is 72.3 Å². The number of nitrogens with zero attached hydrogens (tertiary/aromatic N) is 7. The van der Waals surface area contributed by atoms with Crippen molar-refractivity contribution in [2.24, 2.45) is 7.05 Å². The van der Waals surface area contributed by atoms with Crippen LogP contribution in [0.25, 0.3) is 11.1 Å². The third-order valence-electron chi connectivity index (χ3n) is 9.50. The van der Waals surface area contributed by atoms with Crippen LogP contribution in [0.1, 0.15) is 30.9 Å². The number of benzene rings is 2. The van der Waals surface area contributed by atoms with E-state index in [0.717, 1.165) is 22.9 Å². The number of halogens is 5. The molecule has 0 aliphatic carbocycles. The number of aromatic nitrogens is 4. The summed E-state index contributed by atoms with van der Waals surface area (Å²) in [5.74, 6) is -0.543. The summed E-state index contributed by atoms with van der Waals surface area (Å²) >= 11 is 0. The number of methoxy groups -OCH3 is 1. The van der Waals surface area contributed by atoms with Gasteiger partial charge in [0.05, 0.1) is 38.2 Å². The van der Waals surface area contributed by atoms with E-state index in [1.807, 2.05) is 30.3 Å². The summed E-state index contributed by atoms with van der Waals surface area (Å²) in [6.45, 7) is 1.96. The van der Waals surface area contributed by atoms with E-state index in [-0.39, 0.29) is 24.8 Å². The standard InChI is InChI=1S/C34H37F5N8O3/c1-44-18-21(17-42-44)24-14-26(43-31-16-32(41-20-40-31)47-27(8-12-50-47)23-4-3-5-25(35)33(23)36)29(48-2)15-28(24)45-9-6-22(7-10-45)46-11-13-49-30(19-46)34(37,38)39/h3-5,14-18,20,22,27,30H,6-13,19H2,1-2H3,(H,40,41,43)/t27-,30?/m1/s1. The van der Waals surface area contributed by atoms with Gasteiger partial charge in [0.2, 0.25) is 0 Å². The predicted molar refractivity (Wildman–Crippen MR) is 175 cm³/mol. The maximum atomic E-state index is 14.7. The van der Waals surface area contributed by atoms with Crippen LogP contribution in [-0.2, 0) is 16.6 Å². The van der Waals surface area contributed by atoms with Gasteiger partial charge in [-0.25, -0.2) is 23.8 Å². The molecule has 0 radical (unpaired) electrons. The molecular formula is C34H37F5N8O3. The topological polar surface area (TPSA) is 93.0 Å². The minimum Gasteiger partial charge on any atom is -0.494 e. The summed E-state index contributed by atoms with van der Waals surface area (Å²) in [6.07, 6.45) is 0.723. The molecule has 0 saturated carbocycles. The van der Waals surface area contributed by atoms with Crippen LogP contribution < -0.4 is 20.0 Å². The number of ether oxygens (including phenoxy) is 2. The first-order chi connectivity index (χ1) is 24.1. The quantitative estimate of drug-likeness (QED) is 0.220. The van der Waals surface area contributed by atoms with Gasteiger partial charge in [-0.2, -0.15) is 18.3 Å². The van der Waals surface area contributed by atoms with E-state index in [4.69, 9.17) is 14.3 Å². The van der Waals surface area contributed by atoms with Gasteiger partial charge >= 0.3 is 6.18 Å². The third kappa shape index (κ3) is 6.91. The second kappa shape index (κ2) is 14.0. The molecule has 3 fully saturated rings. The Morgan fingerprint density at radius 2 is 1.82 bits per heavy atom. The van der Waals surface area contributed by atoms with Crippen molar-refractivity contribution in [1.29, 1.82) is 0 Å². The molecule has 1 N–H and O–H groups in total. The molecule has 3 aliphatic rings. The molecule has 50 heavy (non-hydrogen) atoms. The third-order valence-corrected chi connectivity index (χ3v) is 9.50. The van der Waals surface area contributed by atoms with Gasteiger partial charge in [-0.15, -0.1) is 0 Å². The molecule has 0 spiro atoms. The molecule has 2 aromatic heterocycles. The fourth-order valence-corrected chi connectivity index (χ4v) is 6.99. The molecule has 5 heterocycles.